The summed E-state index contributed by atoms with van der Waals surface area (Å²) in [6, 6.07) is 1.97. The van der Waals surface area contributed by atoms with Gasteiger partial charge in [-0.2, -0.15) is 0 Å². The number of hydrogen-bond donors (Lipinski definition) is 0. The van der Waals surface area contributed by atoms with E-state index in [-0.39, 0.29) is 0 Å². The maximum Gasteiger partial charge on any atom is 0.500 e. The molecule has 0 saturated carbocycles. The van der Waals surface area contributed by atoms with Crippen LogP contribution in [0, 0.1) is 0 Å². The predicted octanol–water partition coefficient (Wildman–Crippen LogP) is 2.36. The minimum Gasteiger partial charge on any atom is -0.386 e. The van der Waals surface area contributed by atoms with Crippen molar-refractivity contribution in [3.63, 3.8) is 0 Å². The van der Waals surface area contributed by atoms with Gasteiger partial charge in [0, 0.05) is 47.6 Å². The first kappa shape index (κ1) is 20.2. The van der Waals surface area contributed by atoms with Gasteiger partial charge in [0.1, 0.15) is 0 Å². The van der Waals surface area contributed by atoms with Crippen molar-refractivity contribution in [3.8, 4) is 0 Å². The lowest BCUT2D eigenvalue weighted by Crippen LogP contribution is -2.53. The Morgan fingerprint density at radius 2 is 1.45 bits per heavy atom. The Balaban J connectivity index is 2.20. The van der Waals surface area contributed by atoms with E-state index in [4.69, 9.17) is 22.1 Å². The van der Waals surface area contributed by atoms with Gasteiger partial charge in [0.05, 0.1) is 0 Å². The minimum atomic E-state index is -2.38. The third kappa shape index (κ3) is 5.10. The van der Waals surface area contributed by atoms with E-state index in [9.17, 15) is 0 Å². The quantitative estimate of drug-likeness (QED) is 0.397. The summed E-state index contributed by atoms with van der Waals surface area (Å²) in [6.07, 6.45) is 5.84. The Bertz CT molecular complexity index is 293. The molecule has 0 N–H and O–H groups in total. The molecule has 0 amide bonds. The number of unbranched alkanes of at least 4 members (excludes halogenated alkanes) is 3. The normalized spacial score (nSPS) is 19.0. The molecule has 1 heterocycles. The SMILES string of the molecule is CO[Si](CCCCCCN1CCC[Si]1(OC)OC)(OC)OC. The Morgan fingerprint density at radius 1 is 0.864 bits per heavy atom. The predicted molar refractivity (Wildman–Crippen MR) is 90.8 cm³/mol. The average Bonchev–Trinajstić information content (AvgIpc) is 2.98. The second kappa shape index (κ2) is 10.1. The van der Waals surface area contributed by atoms with Gasteiger partial charge in [0.25, 0.3) is 0 Å². The molecule has 1 aliphatic rings. The fraction of sp³-hybridized carbons (Fsp3) is 1.00. The lowest BCUT2D eigenvalue weighted by molar-refractivity contribution is 0.122. The molecule has 0 spiro atoms. The lowest BCUT2D eigenvalue weighted by atomic mass is 10.2. The summed E-state index contributed by atoms with van der Waals surface area (Å²) in [4.78, 5) is 0. The molecule has 1 aliphatic heterocycles. The highest BCUT2D eigenvalue weighted by atomic mass is 28.4. The molecule has 22 heavy (non-hydrogen) atoms. The summed E-state index contributed by atoms with van der Waals surface area (Å²) in [5, 5.41) is 0. The van der Waals surface area contributed by atoms with E-state index in [1.807, 2.05) is 0 Å². The van der Waals surface area contributed by atoms with Gasteiger partial charge >= 0.3 is 17.5 Å². The van der Waals surface area contributed by atoms with Gasteiger partial charge in [-0.25, -0.2) is 0 Å². The third-order valence-electron chi connectivity index (χ3n) is 4.63. The molecule has 6 nitrogen and oxygen atoms in total. The Hall–Kier alpha value is 0.194. The van der Waals surface area contributed by atoms with E-state index in [0.717, 1.165) is 31.6 Å². The van der Waals surface area contributed by atoms with Crippen molar-refractivity contribution >= 4 is 17.5 Å². The summed E-state index contributed by atoms with van der Waals surface area (Å²) in [5.74, 6) is 0. The summed E-state index contributed by atoms with van der Waals surface area (Å²) >= 11 is 0. The van der Waals surface area contributed by atoms with Crippen LogP contribution < -0.4 is 0 Å². The molecular formula is C14H33NO5Si2. The molecule has 0 unspecified atom stereocenters. The Kier molecular flexibility index (Phi) is 9.33. The molecule has 0 radical (unpaired) electrons. The molecule has 0 bridgehead atoms. The molecule has 1 saturated heterocycles. The highest BCUT2D eigenvalue weighted by molar-refractivity contribution is 6.65. The zero-order valence-corrected chi connectivity index (χ0v) is 16.9. The van der Waals surface area contributed by atoms with E-state index in [2.05, 4.69) is 4.57 Å². The summed E-state index contributed by atoms with van der Waals surface area (Å²) < 4.78 is 30.2. The van der Waals surface area contributed by atoms with Crippen molar-refractivity contribution in [2.75, 3.05) is 48.6 Å². The van der Waals surface area contributed by atoms with E-state index in [1.54, 1.807) is 35.5 Å². The molecule has 132 valence electrons. The average molecular weight is 352 g/mol. The van der Waals surface area contributed by atoms with Gasteiger partial charge < -0.3 is 22.1 Å². The fourth-order valence-electron chi connectivity index (χ4n) is 3.20. The molecule has 1 rings (SSSR count). The highest BCUT2D eigenvalue weighted by Crippen LogP contribution is 2.27. The molecule has 0 aromatic heterocycles. The van der Waals surface area contributed by atoms with Gasteiger partial charge in [-0.15, -0.1) is 0 Å². The Labute approximate surface area is 137 Å². The first-order chi connectivity index (χ1) is 10.6. The van der Waals surface area contributed by atoms with Gasteiger partial charge in [0.15, 0.2) is 0 Å². The number of hydrogen-bond acceptors (Lipinski definition) is 6. The minimum absolute atomic E-state index is 0.884. The van der Waals surface area contributed by atoms with Crippen molar-refractivity contribution in [2.45, 2.75) is 44.2 Å². The largest absolute Gasteiger partial charge is 0.500 e. The molecular weight excluding hydrogens is 318 g/mol. The standard InChI is InChI=1S/C14H33NO5Si2/c1-16-21(17-2)13-10-12-15(21)11-8-6-7-9-14-22(18-3,19-4)20-5/h6-14H2,1-5H3. The monoisotopic (exact) mass is 351 g/mol. The zero-order chi connectivity index (χ0) is 16.5. The molecule has 0 aliphatic carbocycles. The molecule has 0 aromatic carbocycles. The maximum atomic E-state index is 5.73. The first-order valence-electron chi connectivity index (χ1n) is 8.13. The molecule has 8 heteroatoms. The fourth-order valence-corrected chi connectivity index (χ4v) is 8.01. The lowest BCUT2D eigenvalue weighted by Gasteiger charge is -2.31. The molecule has 1 fully saturated rings. The highest BCUT2D eigenvalue weighted by Gasteiger charge is 2.46. The van der Waals surface area contributed by atoms with E-state index in [0.29, 0.717) is 0 Å². The topological polar surface area (TPSA) is 49.4 Å². The van der Waals surface area contributed by atoms with Crippen LogP contribution in [0.15, 0.2) is 0 Å². The van der Waals surface area contributed by atoms with Crippen LogP contribution in [0.25, 0.3) is 0 Å². The smallest absolute Gasteiger partial charge is 0.386 e. The molecule has 0 aromatic rings. The van der Waals surface area contributed by atoms with E-state index >= 15 is 0 Å². The summed E-state index contributed by atoms with van der Waals surface area (Å²) in [7, 11) is 4.17. The van der Waals surface area contributed by atoms with Crippen LogP contribution in [0.4, 0.5) is 0 Å². The van der Waals surface area contributed by atoms with E-state index in [1.165, 1.54) is 25.7 Å². The van der Waals surface area contributed by atoms with Crippen molar-refractivity contribution in [1.82, 2.24) is 4.57 Å². The van der Waals surface area contributed by atoms with E-state index < -0.39 is 17.5 Å². The van der Waals surface area contributed by atoms with Crippen LogP contribution in [0.2, 0.25) is 12.1 Å². The van der Waals surface area contributed by atoms with Gasteiger partial charge in [-0.1, -0.05) is 12.8 Å². The van der Waals surface area contributed by atoms with Gasteiger partial charge in [0.2, 0.25) is 0 Å². The van der Waals surface area contributed by atoms with Gasteiger partial charge in [-0.05, 0) is 32.4 Å². The Morgan fingerprint density at radius 3 is 2.00 bits per heavy atom. The first-order valence-corrected chi connectivity index (χ1v) is 12.0. The van der Waals surface area contributed by atoms with Crippen molar-refractivity contribution in [2.24, 2.45) is 0 Å². The van der Waals surface area contributed by atoms with Crippen LogP contribution >= 0.6 is 0 Å². The number of nitrogens with zero attached hydrogens (tertiary/aromatic N) is 1. The van der Waals surface area contributed by atoms with Crippen molar-refractivity contribution in [1.29, 1.82) is 0 Å². The van der Waals surface area contributed by atoms with Crippen LogP contribution in [0.5, 0.6) is 0 Å². The maximum absolute atomic E-state index is 5.73. The van der Waals surface area contributed by atoms with Gasteiger partial charge in [-0.3, -0.25) is 4.57 Å². The van der Waals surface area contributed by atoms with Crippen molar-refractivity contribution < 1.29 is 22.1 Å². The second-order valence-electron chi connectivity index (χ2n) is 5.67. The molecule has 0 atom stereocenters. The zero-order valence-electron chi connectivity index (χ0n) is 14.9. The van der Waals surface area contributed by atoms with Crippen molar-refractivity contribution in [3.05, 3.63) is 0 Å². The summed E-state index contributed by atoms with van der Waals surface area (Å²) in [5.41, 5.74) is 0. The van der Waals surface area contributed by atoms with Crippen LogP contribution in [-0.2, 0) is 22.1 Å². The number of rotatable bonds is 12. The van der Waals surface area contributed by atoms with Crippen LogP contribution in [-0.4, -0.2) is 70.7 Å². The van der Waals surface area contributed by atoms with Crippen LogP contribution in [0.1, 0.15) is 32.1 Å². The third-order valence-corrected chi connectivity index (χ3v) is 11.1. The second-order valence-corrected chi connectivity index (χ2v) is 12.1. The van der Waals surface area contributed by atoms with Crippen LogP contribution in [0.3, 0.4) is 0 Å². The summed E-state index contributed by atoms with van der Waals surface area (Å²) in [6.45, 7) is 2.19.